The third kappa shape index (κ3) is 3.99. The van der Waals surface area contributed by atoms with Gasteiger partial charge in [0.25, 0.3) is 0 Å². The van der Waals surface area contributed by atoms with Gasteiger partial charge in [-0.15, -0.1) is 0 Å². The van der Waals surface area contributed by atoms with Crippen molar-refractivity contribution in [1.29, 1.82) is 0 Å². The molecule has 0 bridgehead atoms. The Hall–Kier alpha value is -1.26. The first-order chi connectivity index (χ1) is 10.9. The Morgan fingerprint density at radius 3 is 2.43 bits per heavy atom. The van der Waals surface area contributed by atoms with Gasteiger partial charge in [-0.2, -0.15) is 5.10 Å². The van der Waals surface area contributed by atoms with Crippen molar-refractivity contribution in [3.8, 4) is 0 Å². The summed E-state index contributed by atoms with van der Waals surface area (Å²) in [6.45, 7) is 5.67. The van der Waals surface area contributed by atoms with E-state index in [1.54, 1.807) is 0 Å². The van der Waals surface area contributed by atoms with Crippen LogP contribution in [0.25, 0.3) is 0 Å². The second-order valence-electron chi connectivity index (χ2n) is 8.24. The van der Waals surface area contributed by atoms with Crippen LogP contribution in [0.5, 0.6) is 0 Å². The van der Waals surface area contributed by atoms with Crippen molar-refractivity contribution in [2.75, 3.05) is 0 Å². The standard InChI is InChI=1S/C18H31N3O2/c1-18(2,3)23-17(22)19-16-14-11-7-8-12-15(14)21(20-16)13-9-5-4-6-10-13/h13-15H,4-12H2,1-3H3,(H,19,20,22). The summed E-state index contributed by atoms with van der Waals surface area (Å²) in [5.74, 6) is 1.22. The molecular weight excluding hydrogens is 290 g/mol. The molecule has 1 heterocycles. The average molecular weight is 321 g/mol. The lowest BCUT2D eigenvalue weighted by molar-refractivity contribution is 0.0560. The molecule has 2 saturated carbocycles. The molecule has 0 aromatic rings. The fraction of sp³-hybridized carbons (Fsp3) is 0.889. The molecule has 2 aliphatic carbocycles. The smallest absolute Gasteiger partial charge is 0.413 e. The first-order valence-electron chi connectivity index (χ1n) is 9.31. The van der Waals surface area contributed by atoms with Crippen LogP contribution in [0.2, 0.25) is 0 Å². The largest absolute Gasteiger partial charge is 0.444 e. The Morgan fingerprint density at radius 1 is 1.09 bits per heavy atom. The summed E-state index contributed by atoms with van der Waals surface area (Å²) in [4.78, 5) is 12.1. The SMILES string of the molecule is CC(C)(C)OC(=O)NC1=NN(C2CCCCC2)C2CCCCC12. The summed E-state index contributed by atoms with van der Waals surface area (Å²) >= 11 is 0. The monoisotopic (exact) mass is 321 g/mol. The maximum absolute atomic E-state index is 12.1. The molecule has 1 aliphatic heterocycles. The first-order valence-corrected chi connectivity index (χ1v) is 9.31. The number of rotatable bonds is 1. The zero-order valence-electron chi connectivity index (χ0n) is 14.8. The topological polar surface area (TPSA) is 53.9 Å². The van der Waals surface area contributed by atoms with E-state index in [2.05, 4.69) is 10.3 Å². The lowest BCUT2D eigenvalue weighted by atomic mass is 9.83. The minimum Gasteiger partial charge on any atom is -0.444 e. The third-order valence-corrected chi connectivity index (χ3v) is 5.22. The molecule has 0 radical (unpaired) electrons. The van der Waals surface area contributed by atoms with Gasteiger partial charge in [-0.3, -0.25) is 10.3 Å². The molecule has 5 nitrogen and oxygen atoms in total. The molecule has 2 fully saturated rings. The van der Waals surface area contributed by atoms with E-state index in [9.17, 15) is 4.79 Å². The number of hydrogen-bond acceptors (Lipinski definition) is 4. The zero-order valence-corrected chi connectivity index (χ0v) is 14.8. The maximum Gasteiger partial charge on any atom is 0.413 e. The number of hydrazone groups is 1. The maximum atomic E-state index is 12.1. The van der Waals surface area contributed by atoms with E-state index in [4.69, 9.17) is 9.84 Å². The van der Waals surface area contributed by atoms with Gasteiger partial charge in [0.05, 0.1) is 6.04 Å². The second-order valence-corrected chi connectivity index (χ2v) is 8.24. The van der Waals surface area contributed by atoms with Crippen molar-refractivity contribution in [1.82, 2.24) is 10.3 Å². The molecule has 130 valence electrons. The van der Waals surface area contributed by atoms with Crippen LogP contribution in [-0.2, 0) is 4.74 Å². The number of nitrogens with zero attached hydrogens (tertiary/aromatic N) is 2. The quantitative estimate of drug-likeness (QED) is 0.793. The van der Waals surface area contributed by atoms with Crippen LogP contribution < -0.4 is 5.32 Å². The lowest BCUT2D eigenvalue weighted by Crippen LogP contribution is -2.44. The fourth-order valence-corrected chi connectivity index (χ4v) is 4.24. The van der Waals surface area contributed by atoms with Crippen LogP contribution in [0.1, 0.15) is 78.6 Å². The molecule has 3 rings (SSSR count). The van der Waals surface area contributed by atoms with Crippen molar-refractivity contribution >= 4 is 11.9 Å². The van der Waals surface area contributed by atoms with Gasteiger partial charge in [0.15, 0.2) is 0 Å². The minimum atomic E-state index is -0.474. The van der Waals surface area contributed by atoms with E-state index < -0.39 is 5.60 Å². The van der Waals surface area contributed by atoms with Crippen LogP contribution in [-0.4, -0.2) is 34.6 Å². The summed E-state index contributed by atoms with van der Waals surface area (Å²) in [7, 11) is 0. The minimum absolute atomic E-state index is 0.369. The van der Waals surface area contributed by atoms with Gasteiger partial charge in [-0.05, 0) is 46.5 Å². The van der Waals surface area contributed by atoms with Gasteiger partial charge < -0.3 is 4.74 Å². The van der Waals surface area contributed by atoms with Gasteiger partial charge in [-0.1, -0.05) is 32.1 Å². The molecule has 1 N–H and O–H groups in total. The molecule has 1 amide bonds. The molecule has 0 saturated heterocycles. The number of amidine groups is 1. The Morgan fingerprint density at radius 2 is 1.74 bits per heavy atom. The van der Waals surface area contributed by atoms with Crippen molar-refractivity contribution in [2.24, 2.45) is 11.0 Å². The number of fused-ring (bicyclic) bond motifs is 1. The second kappa shape index (κ2) is 6.70. The van der Waals surface area contributed by atoms with E-state index in [0.29, 0.717) is 18.0 Å². The van der Waals surface area contributed by atoms with E-state index in [-0.39, 0.29) is 6.09 Å². The molecule has 2 unspecified atom stereocenters. The van der Waals surface area contributed by atoms with Crippen LogP contribution in [0.15, 0.2) is 5.10 Å². The summed E-state index contributed by atoms with van der Waals surface area (Å²) in [6, 6.07) is 1.05. The molecule has 2 atom stereocenters. The van der Waals surface area contributed by atoms with E-state index in [1.807, 2.05) is 20.8 Å². The first kappa shape index (κ1) is 16.6. The molecule has 5 heteroatoms. The summed E-state index contributed by atoms with van der Waals surface area (Å²) in [5.41, 5.74) is -0.474. The third-order valence-electron chi connectivity index (χ3n) is 5.22. The summed E-state index contributed by atoms with van der Waals surface area (Å²) in [6.07, 6.45) is 10.9. The predicted molar refractivity (Wildman–Crippen MR) is 91.3 cm³/mol. The average Bonchev–Trinajstić information content (AvgIpc) is 2.85. The molecule has 3 aliphatic rings. The Bertz CT molecular complexity index is 463. The van der Waals surface area contributed by atoms with E-state index in [1.165, 1.54) is 51.4 Å². The fourth-order valence-electron chi connectivity index (χ4n) is 4.24. The van der Waals surface area contributed by atoms with E-state index >= 15 is 0 Å². The van der Waals surface area contributed by atoms with Crippen molar-refractivity contribution < 1.29 is 9.53 Å². The summed E-state index contributed by atoms with van der Waals surface area (Å²) < 4.78 is 5.41. The van der Waals surface area contributed by atoms with Crippen LogP contribution in [0.4, 0.5) is 4.79 Å². The van der Waals surface area contributed by atoms with Crippen LogP contribution in [0, 0.1) is 5.92 Å². The number of amides is 1. The Balaban J connectivity index is 1.70. The molecular formula is C18H31N3O2. The van der Waals surface area contributed by atoms with Crippen molar-refractivity contribution in [3.05, 3.63) is 0 Å². The molecule has 0 spiro atoms. The van der Waals surface area contributed by atoms with Crippen LogP contribution in [0.3, 0.4) is 0 Å². The zero-order chi connectivity index (χ0) is 16.4. The van der Waals surface area contributed by atoms with E-state index in [0.717, 1.165) is 12.3 Å². The molecule has 23 heavy (non-hydrogen) atoms. The van der Waals surface area contributed by atoms with Gasteiger partial charge in [0.2, 0.25) is 0 Å². The van der Waals surface area contributed by atoms with Crippen molar-refractivity contribution in [3.63, 3.8) is 0 Å². The highest BCUT2D eigenvalue weighted by Crippen LogP contribution is 2.38. The number of ether oxygens (including phenoxy) is 1. The molecule has 0 aromatic carbocycles. The normalized spacial score (nSPS) is 29.0. The highest BCUT2D eigenvalue weighted by Gasteiger charge is 2.42. The predicted octanol–water partition coefficient (Wildman–Crippen LogP) is 4.03. The number of carbonyl (C=O) groups is 1. The number of nitrogens with one attached hydrogen (secondary N) is 1. The number of alkyl carbamates (subject to hydrolysis) is 1. The highest BCUT2D eigenvalue weighted by atomic mass is 16.6. The van der Waals surface area contributed by atoms with Gasteiger partial charge >= 0.3 is 6.09 Å². The number of hydrogen-bond donors (Lipinski definition) is 1. The lowest BCUT2D eigenvalue weighted by Gasteiger charge is -2.38. The molecule has 0 aromatic heterocycles. The highest BCUT2D eigenvalue weighted by molar-refractivity contribution is 5.98. The van der Waals surface area contributed by atoms with Gasteiger partial charge in [0.1, 0.15) is 11.4 Å². The van der Waals surface area contributed by atoms with Crippen molar-refractivity contribution in [2.45, 2.75) is 96.2 Å². The number of carbonyl (C=O) groups excluding carboxylic acids is 1. The summed E-state index contributed by atoms with van der Waals surface area (Å²) in [5, 5.41) is 10.2. The Kier molecular flexibility index (Phi) is 4.83. The van der Waals surface area contributed by atoms with Gasteiger partial charge in [0, 0.05) is 12.0 Å². The Labute approximate surface area is 139 Å². The van der Waals surface area contributed by atoms with Crippen LogP contribution >= 0.6 is 0 Å². The van der Waals surface area contributed by atoms with Gasteiger partial charge in [-0.25, -0.2) is 4.79 Å².